The van der Waals surface area contributed by atoms with Gasteiger partial charge in [0.2, 0.25) is 5.28 Å². The molecule has 0 atom stereocenters. The van der Waals surface area contributed by atoms with Crippen LogP contribution in [0, 0.1) is 0 Å². The molecule has 0 spiro atoms. The highest BCUT2D eigenvalue weighted by Gasteiger charge is 2.08. The molecule has 0 aliphatic heterocycles. The molecule has 1 heterocycles. The fourth-order valence-corrected chi connectivity index (χ4v) is 2.01. The van der Waals surface area contributed by atoms with Crippen molar-refractivity contribution in [3.8, 4) is 0 Å². The molecule has 0 aliphatic rings. The number of halogens is 2. The first kappa shape index (κ1) is 11.4. The minimum Gasteiger partial charge on any atom is -0.283 e. The zero-order chi connectivity index (χ0) is 11.7. The molecule has 0 saturated heterocycles. The summed E-state index contributed by atoms with van der Waals surface area (Å²) in [6, 6.07) is 5.01. The maximum atomic E-state index is 12.1. The molecule has 0 fully saturated rings. The Morgan fingerprint density at radius 2 is 2.12 bits per heavy atom. The number of rotatable bonds is 2. The molecular weight excluding hydrogens is 247 g/mol. The molecule has 84 valence electrons. The number of fused-ring (bicyclic) bond motifs is 1. The molecule has 2 rings (SSSR count). The average Bonchev–Trinajstić information content (AvgIpc) is 2.26. The Morgan fingerprint density at radius 3 is 2.81 bits per heavy atom. The molecule has 0 unspecified atom stereocenters. The SMILES string of the molecule is CCCn1c(Cl)nc2ccc(Cl)cc2c1=O. The van der Waals surface area contributed by atoms with Crippen molar-refractivity contribution >= 4 is 34.1 Å². The summed E-state index contributed by atoms with van der Waals surface area (Å²) >= 11 is 11.8. The summed E-state index contributed by atoms with van der Waals surface area (Å²) in [4.78, 5) is 16.2. The maximum absolute atomic E-state index is 12.1. The highest BCUT2D eigenvalue weighted by Crippen LogP contribution is 2.16. The second-order valence-corrected chi connectivity index (χ2v) is 4.27. The smallest absolute Gasteiger partial charge is 0.262 e. The number of hydrogen-bond donors (Lipinski definition) is 0. The van der Waals surface area contributed by atoms with Crippen molar-refractivity contribution in [1.82, 2.24) is 9.55 Å². The van der Waals surface area contributed by atoms with Gasteiger partial charge in [0.15, 0.2) is 0 Å². The topological polar surface area (TPSA) is 34.9 Å². The Labute approximate surface area is 103 Å². The lowest BCUT2D eigenvalue weighted by molar-refractivity contribution is 0.649. The lowest BCUT2D eigenvalue weighted by Gasteiger charge is -2.07. The van der Waals surface area contributed by atoms with Gasteiger partial charge in [-0.25, -0.2) is 4.98 Å². The molecule has 0 saturated carbocycles. The van der Waals surface area contributed by atoms with E-state index < -0.39 is 0 Å². The van der Waals surface area contributed by atoms with Crippen molar-refractivity contribution in [3.63, 3.8) is 0 Å². The molecule has 16 heavy (non-hydrogen) atoms. The van der Waals surface area contributed by atoms with E-state index in [0.717, 1.165) is 6.42 Å². The average molecular weight is 257 g/mol. The summed E-state index contributed by atoms with van der Waals surface area (Å²) in [5, 5.41) is 1.25. The summed E-state index contributed by atoms with van der Waals surface area (Å²) < 4.78 is 1.46. The van der Waals surface area contributed by atoms with Crippen LogP contribution < -0.4 is 5.56 Å². The van der Waals surface area contributed by atoms with Crippen LogP contribution in [0.3, 0.4) is 0 Å². The van der Waals surface area contributed by atoms with Crippen LogP contribution in [-0.4, -0.2) is 9.55 Å². The molecule has 0 amide bonds. The van der Waals surface area contributed by atoms with E-state index in [-0.39, 0.29) is 10.8 Å². The Bertz CT molecular complexity index is 592. The van der Waals surface area contributed by atoms with Gasteiger partial charge in [-0.15, -0.1) is 0 Å². The summed E-state index contributed by atoms with van der Waals surface area (Å²) in [7, 11) is 0. The lowest BCUT2D eigenvalue weighted by atomic mass is 10.2. The highest BCUT2D eigenvalue weighted by atomic mass is 35.5. The minimum atomic E-state index is -0.139. The normalized spacial score (nSPS) is 10.9. The largest absolute Gasteiger partial charge is 0.283 e. The Morgan fingerprint density at radius 1 is 1.38 bits per heavy atom. The van der Waals surface area contributed by atoms with Crippen LogP contribution >= 0.6 is 23.2 Å². The number of aromatic nitrogens is 2. The van der Waals surface area contributed by atoms with Crippen LogP contribution in [0.1, 0.15) is 13.3 Å². The van der Waals surface area contributed by atoms with Crippen molar-refractivity contribution < 1.29 is 0 Å². The number of benzene rings is 1. The predicted octanol–water partition coefficient (Wildman–Crippen LogP) is 3.11. The first-order chi connectivity index (χ1) is 7.63. The van der Waals surface area contributed by atoms with E-state index in [1.54, 1.807) is 18.2 Å². The zero-order valence-electron chi connectivity index (χ0n) is 8.70. The number of hydrogen-bond acceptors (Lipinski definition) is 2. The van der Waals surface area contributed by atoms with Crippen molar-refractivity contribution in [2.24, 2.45) is 0 Å². The standard InChI is InChI=1S/C11H10Cl2N2O/c1-2-5-15-10(16)8-6-7(12)3-4-9(8)14-11(15)13/h3-4,6H,2,5H2,1H3. The van der Waals surface area contributed by atoms with Gasteiger partial charge in [0.1, 0.15) is 0 Å². The molecule has 1 aromatic carbocycles. The van der Waals surface area contributed by atoms with Gasteiger partial charge in [0, 0.05) is 11.6 Å². The molecule has 0 aliphatic carbocycles. The molecule has 3 nitrogen and oxygen atoms in total. The van der Waals surface area contributed by atoms with Gasteiger partial charge in [-0.2, -0.15) is 0 Å². The highest BCUT2D eigenvalue weighted by molar-refractivity contribution is 6.31. The molecule has 5 heteroatoms. The van der Waals surface area contributed by atoms with E-state index >= 15 is 0 Å². The van der Waals surface area contributed by atoms with Crippen molar-refractivity contribution in [3.05, 3.63) is 38.9 Å². The maximum Gasteiger partial charge on any atom is 0.262 e. The molecule has 1 aromatic heterocycles. The first-order valence-electron chi connectivity index (χ1n) is 4.99. The molecule has 0 N–H and O–H groups in total. The van der Waals surface area contributed by atoms with Crippen LogP contribution in [0.5, 0.6) is 0 Å². The van der Waals surface area contributed by atoms with Crippen LogP contribution in [-0.2, 0) is 6.54 Å². The van der Waals surface area contributed by atoms with Crippen molar-refractivity contribution in [2.75, 3.05) is 0 Å². The second-order valence-electron chi connectivity index (χ2n) is 3.50. The molecule has 0 radical (unpaired) electrons. The molecule has 2 aromatic rings. The van der Waals surface area contributed by atoms with Crippen LogP contribution in [0.4, 0.5) is 0 Å². The minimum absolute atomic E-state index is 0.139. The molecule has 0 bridgehead atoms. The lowest BCUT2D eigenvalue weighted by Crippen LogP contribution is -2.22. The summed E-state index contributed by atoms with van der Waals surface area (Å²) in [5.41, 5.74) is 0.436. The van der Waals surface area contributed by atoms with Gasteiger partial charge in [0.25, 0.3) is 5.56 Å². The van der Waals surface area contributed by atoms with E-state index in [1.807, 2.05) is 6.92 Å². The summed E-state index contributed by atoms with van der Waals surface area (Å²) in [5.74, 6) is 0. The van der Waals surface area contributed by atoms with Gasteiger partial charge in [-0.1, -0.05) is 18.5 Å². The van der Waals surface area contributed by atoms with E-state index in [4.69, 9.17) is 23.2 Å². The third kappa shape index (κ3) is 1.93. The van der Waals surface area contributed by atoms with Gasteiger partial charge in [-0.05, 0) is 36.2 Å². The van der Waals surface area contributed by atoms with Gasteiger partial charge in [0.05, 0.1) is 10.9 Å². The predicted molar refractivity (Wildman–Crippen MR) is 66.3 cm³/mol. The molecular formula is C11H10Cl2N2O. The fraction of sp³-hybridized carbons (Fsp3) is 0.273. The van der Waals surface area contributed by atoms with Gasteiger partial charge < -0.3 is 0 Å². The number of nitrogens with zero attached hydrogens (tertiary/aromatic N) is 2. The monoisotopic (exact) mass is 256 g/mol. The van der Waals surface area contributed by atoms with Gasteiger partial charge in [-0.3, -0.25) is 9.36 Å². The first-order valence-corrected chi connectivity index (χ1v) is 5.74. The fourth-order valence-electron chi connectivity index (χ4n) is 1.58. The van der Waals surface area contributed by atoms with E-state index in [1.165, 1.54) is 4.57 Å². The van der Waals surface area contributed by atoms with Crippen molar-refractivity contribution in [2.45, 2.75) is 19.9 Å². The second kappa shape index (κ2) is 4.44. The van der Waals surface area contributed by atoms with Crippen molar-refractivity contribution in [1.29, 1.82) is 0 Å². The Hall–Kier alpha value is -1.06. The van der Waals surface area contributed by atoms with E-state index in [2.05, 4.69) is 4.98 Å². The van der Waals surface area contributed by atoms with Crippen LogP contribution in [0.15, 0.2) is 23.0 Å². The van der Waals surface area contributed by atoms with Crippen LogP contribution in [0.2, 0.25) is 10.3 Å². The third-order valence-electron chi connectivity index (χ3n) is 2.32. The Balaban J connectivity index is 2.80. The quantitative estimate of drug-likeness (QED) is 0.775. The summed E-state index contributed by atoms with van der Waals surface area (Å²) in [6.45, 7) is 2.54. The third-order valence-corrected chi connectivity index (χ3v) is 2.84. The summed E-state index contributed by atoms with van der Waals surface area (Å²) in [6.07, 6.45) is 0.827. The van der Waals surface area contributed by atoms with Crippen LogP contribution in [0.25, 0.3) is 10.9 Å². The Kier molecular flexibility index (Phi) is 3.17. The van der Waals surface area contributed by atoms with Gasteiger partial charge >= 0.3 is 0 Å². The van der Waals surface area contributed by atoms with E-state index in [0.29, 0.717) is 22.5 Å². The zero-order valence-corrected chi connectivity index (χ0v) is 10.2. The van der Waals surface area contributed by atoms with E-state index in [9.17, 15) is 4.79 Å².